The lowest BCUT2D eigenvalue weighted by Crippen LogP contribution is -2.67. The average Bonchev–Trinajstić information content (AvgIpc) is 3.11. The quantitative estimate of drug-likeness (QED) is 0.0995. The summed E-state index contributed by atoms with van der Waals surface area (Å²) in [6, 6.07) is 7.05. The van der Waals surface area contributed by atoms with E-state index in [1.54, 1.807) is 0 Å². The summed E-state index contributed by atoms with van der Waals surface area (Å²) in [4.78, 5) is 14.1. The number of aromatic hydroxyl groups is 3. The van der Waals surface area contributed by atoms with E-state index in [9.17, 15) is 66.1 Å². The minimum atomic E-state index is -2.01. The van der Waals surface area contributed by atoms with E-state index in [2.05, 4.69) is 0 Å². The van der Waals surface area contributed by atoms with Gasteiger partial charge in [0, 0.05) is 17.7 Å². The smallest absolute Gasteiger partial charge is 0.239 e. The number of phenols is 3. The van der Waals surface area contributed by atoms with E-state index in [1.807, 2.05) is 0 Å². The fraction of sp³-hybridized carbons (Fsp3) is 0.531. The number of benzene rings is 2. The topological polar surface area (TPSA) is 328 Å². The van der Waals surface area contributed by atoms with Crippen LogP contribution in [0.2, 0.25) is 0 Å². The third-order valence-corrected chi connectivity index (χ3v) is 8.96. The van der Waals surface area contributed by atoms with Crippen molar-refractivity contribution in [1.29, 1.82) is 0 Å². The van der Waals surface area contributed by atoms with Crippen molar-refractivity contribution in [2.24, 2.45) is 0 Å². The number of aliphatic hydroxyl groups excluding tert-OH is 9. The summed E-state index contributed by atoms with van der Waals surface area (Å²) >= 11 is 0. The minimum Gasteiger partial charge on any atom is -0.508 e. The van der Waals surface area contributed by atoms with Crippen LogP contribution in [-0.4, -0.2) is 167 Å². The maximum absolute atomic E-state index is 14.1. The Morgan fingerprint density at radius 3 is 1.96 bits per heavy atom. The third kappa shape index (κ3) is 7.14. The molecule has 286 valence electrons. The first kappa shape index (κ1) is 38.0. The van der Waals surface area contributed by atoms with Gasteiger partial charge in [0.05, 0.1) is 19.8 Å². The molecule has 3 aliphatic heterocycles. The predicted molar refractivity (Wildman–Crippen MR) is 167 cm³/mol. The molecule has 4 heterocycles. The standard InChI is InChI=1S/C32H38O20/c33-7-16-20(40)23(43)25(45)31(48-16)50-27-21(41)17(8-34)49-32(29(27)52-30-24(44)19(39)14(38)9-46-30)51-28-22(42)18-13(37)5-12(36)6-15(18)47-26(28)10-1-3-11(35)4-2-10/h1-6,14,16-17,19-21,23-25,27,29-41,43-45H,7-9H2. The minimum absolute atomic E-state index is 0.110. The van der Waals surface area contributed by atoms with Gasteiger partial charge in [-0.2, -0.15) is 0 Å². The average molecular weight is 743 g/mol. The van der Waals surface area contributed by atoms with Crippen LogP contribution < -0.4 is 10.2 Å². The Morgan fingerprint density at radius 1 is 0.673 bits per heavy atom. The molecule has 6 rings (SSSR count). The molecule has 20 nitrogen and oxygen atoms in total. The number of rotatable bonds is 9. The van der Waals surface area contributed by atoms with Crippen molar-refractivity contribution in [2.45, 2.75) is 86.0 Å². The molecule has 14 unspecified atom stereocenters. The maximum Gasteiger partial charge on any atom is 0.239 e. The van der Waals surface area contributed by atoms with Crippen LogP contribution in [-0.2, 0) is 23.7 Å². The van der Waals surface area contributed by atoms with Gasteiger partial charge in [0.1, 0.15) is 89.3 Å². The monoisotopic (exact) mass is 742 g/mol. The fourth-order valence-corrected chi connectivity index (χ4v) is 6.12. The Balaban J connectivity index is 1.46. The maximum atomic E-state index is 14.1. The molecule has 12 N–H and O–H groups in total. The van der Waals surface area contributed by atoms with Gasteiger partial charge in [0.2, 0.25) is 17.5 Å². The van der Waals surface area contributed by atoms with Crippen molar-refractivity contribution < 1.29 is 94.1 Å². The molecule has 1 aromatic heterocycles. The van der Waals surface area contributed by atoms with Gasteiger partial charge in [-0.25, -0.2) is 0 Å². The third-order valence-electron chi connectivity index (χ3n) is 8.96. The van der Waals surface area contributed by atoms with Crippen LogP contribution in [0.25, 0.3) is 22.3 Å². The highest BCUT2D eigenvalue weighted by molar-refractivity contribution is 5.88. The number of hydrogen-bond donors (Lipinski definition) is 12. The molecule has 0 saturated carbocycles. The fourth-order valence-electron chi connectivity index (χ4n) is 6.12. The molecule has 52 heavy (non-hydrogen) atoms. The van der Waals surface area contributed by atoms with Gasteiger partial charge in [-0.3, -0.25) is 4.79 Å². The van der Waals surface area contributed by atoms with Crippen molar-refractivity contribution in [2.75, 3.05) is 19.8 Å². The Morgan fingerprint density at radius 2 is 1.29 bits per heavy atom. The Bertz CT molecular complexity index is 1750. The second-order valence-corrected chi connectivity index (χ2v) is 12.5. The molecule has 3 aliphatic rings. The molecule has 0 amide bonds. The Kier molecular flexibility index (Phi) is 11.2. The van der Waals surface area contributed by atoms with Crippen molar-refractivity contribution in [3.8, 4) is 34.3 Å². The first-order valence-corrected chi connectivity index (χ1v) is 15.9. The van der Waals surface area contributed by atoms with Crippen molar-refractivity contribution >= 4 is 11.0 Å². The van der Waals surface area contributed by atoms with Crippen LogP contribution in [0.1, 0.15) is 0 Å². The first-order valence-electron chi connectivity index (χ1n) is 15.9. The van der Waals surface area contributed by atoms with Crippen LogP contribution in [0.4, 0.5) is 0 Å². The van der Waals surface area contributed by atoms with E-state index in [-0.39, 0.29) is 22.7 Å². The van der Waals surface area contributed by atoms with E-state index in [0.29, 0.717) is 0 Å². The lowest BCUT2D eigenvalue weighted by Gasteiger charge is -2.48. The molecular formula is C32H38O20. The number of aliphatic hydroxyl groups is 9. The first-order chi connectivity index (χ1) is 24.7. The van der Waals surface area contributed by atoms with E-state index in [1.165, 1.54) is 24.3 Å². The zero-order valence-corrected chi connectivity index (χ0v) is 26.8. The van der Waals surface area contributed by atoms with Crippen LogP contribution >= 0.6 is 0 Å². The largest absolute Gasteiger partial charge is 0.508 e. The SMILES string of the molecule is O=c1c(OC2OC(CO)C(O)C(OC3OC(CO)C(O)C(O)C3O)C2OC2OCC(O)C(O)C2O)c(-c2ccc(O)cc2)oc2cc(O)cc(O)c12. The van der Waals surface area contributed by atoms with E-state index >= 15 is 0 Å². The van der Waals surface area contributed by atoms with Gasteiger partial charge in [-0.15, -0.1) is 0 Å². The van der Waals surface area contributed by atoms with Crippen LogP contribution in [0.3, 0.4) is 0 Å². The zero-order chi connectivity index (χ0) is 37.6. The summed E-state index contributed by atoms with van der Waals surface area (Å²) in [6.07, 6.45) is -25.6. The van der Waals surface area contributed by atoms with Crippen LogP contribution in [0, 0.1) is 0 Å². The molecule has 3 saturated heterocycles. The molecule has 0 radical (unpaired) electrons. The van der Waals surface area contributed by atoms with Crippen LogP contribution in [0.5, 0.6) is 23.0 Å². The van der Waals surface area contributed by atoms with Gasteiger partial charge in [0.15, 0.2) is 24.4 Å². The highest BCUT2D eigenvalue weighted by atomic mass is 16.8. The summed E-state index contributed by atoms with van der Waals surface area (Å²) < 4.78 is 40.4. The number of ether oxygens (including phenoxy) is 6. The summed E-state index contributed by atoms with van der Waals surface area (Å²) in [5.41, 5.74) is -1.23. The second kappa shape index (κ2) is 15.3. The van der Waals surface area contributed by atoms with Gasteiger partial charge >= 0.3 is 0 Å². The van der Waals surface area contributed by atoms with E-state index in [0.717, 1.165) is 12.1 Å². The normalized spacial score (nSPS) is 36.9. The van der Waals surface area contributed by atoms with Gasteiger partial charge in [-0.1, -0.05) is 0 Å². The zero-order valence-electron chi connectivity index (χ0n) is 26.8. The summed E-state index contributed by atoms with van der Waals surface area (Å²) in [5, 5.41) is 124. The molecule has 0 spiro atoms. The summed E-state index contributed by atoms with van der Waals surface area (Å²) in [7, 11) is 0. The van der Waals surface area contributed by atoms with Crippen LogP contribution in [0.15, 0.2) is 45.6 Å². The highest BCUT2D eigenvalue weighted by Crippen LogP contribution is 2.39. The highest BCUT2D eigenvalue weighted by Gasteiger charge is 2.54. The van der Waals surface area contributed by atoms with E-state index in [4.69, 9.17) is 32.8 Å². The van der Waals surface area contributed by atoms with Gasteiger partial charge in [-0.05, 0) is 24.3 Å². The lowest BCUT2D eigenvalue weighted by atomic mass is 9.96. The molecule has 0 aliphatic carbocycles. The predicted octanol–water partition coefficient (Wildman–Crippen LogP) is -3.96. The van der Waals surface area contributed by atoms with E-state index < -0.39 is 134 Å². The summed E-state index contributed by atoms with van der Waals surface area (Å²) in [5.74, 6) is -2.40. The lowest BCUT2D eigenvalue weighted by molar-refractivity contribution is -0.378. The van der Waals surface area contributed by atoms with Crippen molar-refractivity contribution in [1.82, 2.24) is 0 Å². The number of phenolic OH excluding ortho intramolecular Hbond substituents is 3. The number of hydrogen-bond acceptors (Lipinski definition) is 20. The number of fused-ring (bicyclic) bond motifs is 1. The molecule has 3 aromatic rings. The van der Waals surface area contributed by atoms with Gasteiger partial charge < -0.3 is 94.1 Å². The van der Waals surface area contributed by atoms with Crippen molar-refractivity contribution in [3.63, 3.8) is 0 Å². The molecular weight excluding hydrogens is 704 g/mol. The molecule has 0 bridgehead atoms. The van der Waals surface area contributed by atoms with Crippen molar-refractivity contribution in [3.05, 3.63) is 46.6 Å². The van der Waals surface area contributed by atoms with Gasteiger partial charge in [0.25, 0.3) is 0 Å². The Labute approximate surface area is 292 Å². The Hall–Kier alpha value is -3.71. The molecule has 14 atom stereocenters. The molecule has 3 fully saturated rings. The summed E-state index contributed by atoms with van der Waals surface area (Å²) in [6.45, 7) is -2.35. The second-order valence-electron chi connectivity index (χ2n) is 12.5. The molecule has 2 aromatic carbocycles. The molecule has 20 heteroatoms.